The number of ether oxygens (including phenoxy) is 1. The predicted molar refractivity (Wildman–Crippen MR) is 78.0 cm³/mol. The van der Waals surface area contributed by atoms with Gasteiger partial charge in [-0.1, -0.05) is 23.4 Å². The zero-order valence-electron chi connectivity index (χ0n) is 12.0. The summed E-state index contributed by atoms with van der Waals surface area (Å²) in [5, 5.41) is 3.93. The molecule has 0 spiro atoms. The van der Waals surface area contributed by atoms with Crippen LogP contribution in [0.1, 0.15) is 23.4 Å². The topological polar surface area (TPSA) is 55.6 Å². The Morgan fingerprint density at radius 3 is 3.05 bits per heavy atom. The number of amides is 1. The monoisotopic (exact) mass is 286 g/mol. The summed E-state index contributed by atoms with van der Waals surface area (Å²) < 4.78 is 10.6. The van der Waals surface area contributed by atoms with Crippen LogP contribution in [0.15, 0.2) is 34.9 Å². The second-order valence-corrected chi connectivity index (χ2v) is 5.16. The minimum atomic E-state index is 0.0913. The van der Waals surface area contributed by atoms with E-state index in [1.165, 1.54) is 0 Å². The van der Waals surface area contributed by atoms with Gasteiger partial charge in [0.05, 0.1) is 18.9 Å². The summed E-state index contributed by atoms with van der Waals surface area (Å²) in [6.45, 7) is 3.56. The molecule has 5 heteroatoms. The van der Waals surface area contributed by atoms with E-state index in [0.29, 0.717) is 32.6 Å². The van der Waals surface area contributed by atoms with E-state index in [1.54, 1.807) is 0 Å². The fourth-order valence-corrected chi connectivity index (χ4v) is 2.52. The number of aromatic nitrogens is 1. The van der Waals surface area contributed by atoms with Gasteiger partial charge in [-0.25, -0.2) is 0 Å². The van der Waals surface area contributed by atoms with Crippen molar-refractivity contribution in [3.8, 4) is 0 Å². The lowest BCUT2D eigenvalue weighted by atomic mass is 10.1. The van der Waals surface area contributed by atoms with Crippen LogP contribution in [-0.2, 0) is 22.6 Å². The lowest BCUT2D eigenvalue weighted by Crippen LogP contribution is -2.33. The van der Waals surface area contributed by atoms with E-state index in [0.717, 1.165) is 22.7 Å². The number of aryl methyl sites for hydroxylation is 2. The van der Waals surface area contributed by atoms with Crippen molar-refractivity contribution in [3.63, 3.8) is 0 Å². The Bertz CT molecular complexity index is 636. The van der Waals surface area contributed by atoms with Crippen LogP contribution in [0.4, 0.5) is 5.69 Å². The minimum absolute atomic E-state index is 0.0913. The van der Waals surface area contributed by atoms with Crippen molar-refractivity contribution in [2.45, 2.75) is 26.4 Å². The molecule has 1 aromatic carbocycles. The molecule has 1 amide bonds. The van der Waals surface area contributed by atoms with Crippen LogP contribution < -0.4 is 4.90 Å². The van der Waals surface area contributed by atoms with E-state index in [9.17, 15) is 4.79 Å². The Hall–Kier alpha value is -2.14. The molecule has 0 aliphatic carbocycles. The van der Waals surface area contributed by atoms with E-state index in [4.69, 9.17) is 9.26 Å². The Kier molecular flexibility index (Phi) is 4.01. The SMILES string of the molecule is Cc1cc(CCC(=O)N2CCOCc3ccccc32)no1. The average molecular weight is 286 g/mol. The summed E-state index contributed by atoms with van der Waals surface area (Å²) in [4.78, 5) is 14.3. The van der Waals surface area contributed by atoms with Gasteiger partial charge in [-0.2, -0.15) is 0 Å². The molecule has 0 atom stereocenters. The maximum Gasteiger partial charge on any atom is 0.227 e. The van der Waals surface area contributed by atoms with Crippen LogP contribution in [0.25, 0.3) is 0 Å². The lowest BCUT2D eigenvalue weighted by molar-refractivity contribution is -0.118. The van der Waals surface area contributed by atoms with Gasteiger partial charge in [0, 0.05) is 36.7 Å². The van der Waals surface area contributed by atoms with Gasteiger partial charge in [0.25, 0.3) is 0 Å². The van der Waals surface area contributed by atoms with Crippen LogP contribution >= 0.6 is 0 Å². The smallest absolute Gasteiger partial charge is 0.227 e. The molecular formula is C16H18N2O3. The van der Waals surface area contributed by atoms with Crippen molar-refractivity contribution >= 4 is 11.6 Å². The van der Waals surface area contributed by atoms with Crippen LogP contribution in [-0.4, -0.2) is 24.2 Å². The molecule has 1 aromatic heterocycles. The predicted octanol–water partition coefficient (Wildman–Crippen LogP) is 2.48. The fraction of sp³-hybridized carbons (Fsp3) is 0.375. The van der Waals surface area contributed by atoms with Gasteiger partial charge in [-0.05, 0) is 13.0 Å². The first-order valence-corrected chi connectivity index (χ1v) is 7.12. The number of para-hydroxylation sites is 1. The number of carbonyl (C=O) groups excluding carboxylic acids is 1. The van der Waals surface area contributed by atoms with Gasteiger partial charge in [-0.3, -0.25) is 4.79 Å². The van der Waals surface area contributed by atoms with Crippen molar-refractivity contribution in [2.24, 2.45) is 0 Å². The average Bonchev–Trinajstić information content (AvgIpc) is 2.79. The molecular weight excluding hydrogens is 268 g/mol. The first kappa shape index (κ1) is 13.8. The van der Waals surface area contributed by atoms with Crippen LogP contribution in [0.3, 0.4) is 0 Å². The van der Waals surface area contributed by atoms with E-state index in [-0.39, 0.29) is 5.91 Å². The van der Waals surface area contributed by atoms with Gasteiger partial charge in [0.1, 0.15) is 5.76 Å². The Labute approximate surface area is 123 Å². The molecule has 110 valence electrons. The first-order valence-electron chi connectivity index (χ1n) is 7.12. The molecule has 1 aliphatic heterocycles. The van der Waals surface area contributed by atoms with Crippen LogP contribution in [0.5, 0.6) is 0 Å². The second-order valence-electron chi connectivity index (χ2n) is 5.16. The molecule has 3 rings (SSSR count). The van der Waals surface area contributed by atoms with E-state index < -0.39 is 0 Å². The molecule has 0 bridgehead atoms. The molecule has 0 unspecified atom stereocenters. The highest BCUT2D eigenvalue weighted by molar-refractivity contribution is 5.94. The maximum atomic E-state index is 12.5. The normalized spacial score (nSPS) is 14.6. The molecule has 2 aromatic rings. The standard InChI is InChI=1S/C16H18N2O3/c1-12-10-14(17-21-12)6-7-16(19)18-8-9-20-11-13-4-2-3-5-15(13)18/h2-5,10H,6-9,11H2,1H3. The van der Waals surface area contributed by atoms with Gasteiger partial charge >= 0.3 is 0 Å². The highest BCUT2D eigenvalue weighted by atomic mass is 16.5. The summed E-state index contributed by atoms with van der Waals surface area (Å²) in [6, 6.07) is 9.76. The molecule has 0 saturated heterocycles. The second kappa shape index (κ2) is 6.10. The fourth-order valence-electron chi connectivity index (χ4n) is 2.52. The van der Waals surface area contributed by atoms with E-state index in [1.807, 2.05) is 42.2 Å². The van der Waals surface area contributed by atoms with Crippen molar-refractivity contribution in [2.75, 3.05) is 18.1 Å². The number of hydrogen-bond acceptors (Lipinski definition) is 4. The third-order valence-corrected chi connectivity index (χ3v) is 3.57. The summed E-state index contributed by atoms with van der Waals surface area (Å²) in [5.41, 5.74) is 2.83. The highest BCUT2D eigenvalue weighted by Crippen LogP contribution is 2.24. The Morgan fingerprint density at radius 2 is 2.24 bits per heavy atom. The van der Waals surface area contributed by atoms with Crippen molar-refractivity contribution < 1.29 is 14.1 Å². The minimum Gasteiger partial charge on any atom is -0.375 e. The Balaban J connectivity index is 1.72. The maximum absolute atomic E-state index is 12.5. The number of benzene rings is 1. The highest BCUT2D eigenvalue weighted by Gasteiger charge is 2.21. The van der Waals surface area contributed by atoms with Gasteiger partial charge in [-0.15, -0.1) is 0 Å². The zero-order valence-corrected chi connectivity index (χ0v) is 12.0. The summed E-state index contributed by atoms with van der Waals surface area (Å²) >= 11 is 0. The summed E-state index contributed by atoms with van der Waals surface area (Å²) in [6.07, 6.45) is 1.01. The summed E-state index contributed by atoms with van der Waals surface area (Å²) in [7, 11) is 0. The van der Waals surface area contributed by atoms with E-state index in [2.05, 4.69) is 5.16 Å². The molecule has 1 aliphatic rings. The molecule has 0 fully saturated rings. The van der Waals surface area contributed by atoms with Crippen LogP contribution in [0, 0.1) is 6.92 Å². The zero-order chi connectivity index (χ0) is 14.7. The Morgan fingerprint density at radius 1 is 1.38 bits per heavy atom. The van der Waals surface area contributed by atoms with Gasteiger partial charge < -0.3 is 14.2 Å². The number of nitrogens with zero attached hydrogens (tertiary/aromatic N) is 2. The lowest BCUT2D eigenvalue weighted by Gasteiger charge is -2.22. The van der Waals surface area contributed by atoms with Crippen LogP contribution in [0.2, 0.25) is 0 Å². The number of anilines is 1. The third kappa shape index (κ3) is 3.13. The molecule has 0 saturated carbocycles. The number of hydrogen-bond donors (Lipinski definition) is 0. The number of carbonyl (C=O) groups is 1. The quantitative estimate of drug-likeness (QED) is 0.870. The van der Waals surface area contributed by atoms with Crippen molar-refractivity contribution in [1.82, 2.24) is 5.16 Å². The first-order chi connectivity index (χ1) is 10.2. The third-order valence-electron chi connectivity index (χ3n) is 3.57. The number of rotatable bonds is 3. The largest absolute Gasteiger partial charge is 0.375 e. The molecule has 21 heavy (non-hydrogen) atoms. The van der Waals surface area contributed by atoms with Crippen molar-refractivity contribution in [1.29, 1.82) is 0 Å². The van der Waals surface area contributed by atoms with E-state index >= 15 is 0 Å². The van der Waals surface area contributed by atoms with Gasteiger partial charge in [0.2, 0.25) is 5.91 Å². The number of fused-ring (bicyclic) bond motifs is 1. The van der Waals surface area contributed by atoms with Crippen molar-refractivity contribution in [3.05, 3.63) is 47.3 Å². The summed E-state index contributed by atoms with van der Waals surface area (Å²) in [5.74, 6) is 0.861. The molecule has 5 nitrogen and oxygen atoms in total. The molecule has 0 N–H and O–H groups in total. The molecule has 0 radical (unpaired) electrons. The molecule has 2 heterocycles. The van der Waals surface area contributed by atoms with Gasteiger partial charge in [0.15, 0.2) is 0 Å².